The molecule has 0 aliphatic heterocycles. The molecule has 0 radical (unpaired) electrons. The van der Waals surface area contributed by atoms with Crippen LogP contribution in [0.4, 0.5) is 0 Å². The lowest BCUT2D eigenvalue weighted by molar-refractivity contribution is 0.0473. The van der Waals surface area contributed by atoms with Crippen molar-refractivity contribution in [3.05, 3.63) is 68.0 Å². The average molecular weight is 431 g/mol. The van der Waals surface area contributed by atoms with Gasteiger partial charge in [0.25, 0.3) is 0 Å². The highest BCUT2D eigenvalue weighted by atomic mass is 35.5. The van der Waals surface area contributed by atoms with E-state index in [-0.39, 0.29) is 23.3 Å². The van der Waals surface area contributed by atoms with Crippen molar-refractivity contribution in [2.24, 2.45) is 0 Å². The van der Waals surface area contributed by atoms with Crippen LogP contribution in [0.3, 0.4) is 0 Å². The minimum absolute atomic E-state index is 0.0897. The van der Waals surface area contributed by atoms with Gasteiger partial charge in [0, 0.05) is 17.0 Å². The molecule has 7 heteroatoms. The van der Waals surface area contributed by atoms with E-state index in [0.29, 0.717) is 22.6 Å². The molecule has 6 nitrogen and oxygen atoms in total. The first kappa shape index (κ1) is 21.7. The minimum atomic E-state index is -0.600. The molecule has 30 heavy (non-hydrogen) atoms. The van der Waals surface area contributed by atoms with Gasteiger partial charge in [-0.2, -0.15) is 0 Å². The van der Waals surface area contributed by atoms with Gasteiger partial charge in [0.05, 0.1) is 23.8 Å². The van der Waals surface area contributed by atoms with Gasteiger partial charge in [0.1, 0.15) is 12.2 Å². The molecule has 0 bridgehead atoms. The zero-order valence-corrected chi connectivity index (χ0v) is 18.3. The number of carbonyl (C=O) groups excluding carboxylic acids is 1. The number of methoxy groups -OCH3 is 1. The molecule has 2 aromatic carbocycles. The second-order valence-electron chi connectivity index (χ2n) is 7.26. The summed E-state index contributed by atoms with van der Waals surface area (Å²) in [5.74, 6) is 0.0970. The van der Waals surface area contributed by atoms with E-state index in [1.165, 1.54) is 25.3 Å². The van der Waals surface area contributed by atoms with E-state index in [0.717, 1.165) is 16.5 Å². The van der Waals surface area contributed by atoms with E-state index >= 15 is 0 Å². The normalized spacial score (nSPS) is 11.0. The highest BCUT2D eigenvalue weighted by molar-refractivity contribution is 6.32. The fourth-order valence-electron chi connectivity index (χ4n) is 3.02. The number of fused-ring (bicyclic) bond motifs is 1. The van der Waals surface area contributed by atoms with Crippen molar-refractivity contribution in [3.8, 4) is 11.5 Å². The van der Waals surface area contributed by atoms with Gasteiger partial charge in [-0.25, -0.2) is 9.59 Å². The molecule has 1 aromatic heterocycles. The van der Waals surface area contributed by atoms with Gasteiger partial charge in [-0.05, 0) is 63.1 Å². The smallest absolute Gasteiger partial charge is 0.338 e. The zero-order chi connectivity index (χ0) is 22.0. The van der Waals surface area contributed by atoms with E-state index in [9.17, 15) is 9.59 Å². The Morgan fingerprint density at radius 1 is 1.10 bits per heavy atom. The highest BCUT2D eigenvalue weighted by Crippen LogP contribution is 2.37. The molecule has 0 amide bonds. The van der Waals surface area contributed by atoms with Crippen molar-refractivity contribution in [1.82, 2.24) is 0 Å². The predicted molar refractivity (Wildman–Crippen MR) is 115 cm³/mol. The third-order valence-corrected chi connectivity index (χ3v) is 4.90. The fraction of sp³-hybridized carbons (Fsp3) is 0.304. The Bertz CT molecular complexity index is 1160. The van der Waals surface area contributed by atoms with Crippen LogP contribution in [0.25, 0.3) is 11.0 Å². The Morgan fingerprint density at radius 3 is 2.47 bits per heavy atom. The number of hydrogen-bond acceptors (Lipinski definition) is 6. The number of aryl methyl sites for hydroxylation is 2. The van der Waals surface area contributed by atoms with Gasteiger partial charge in [-0.1, -0.05) is 11.6 Å². The SMILES string of the molecule is COc1cc(C(=O)OCc2cc(=O)oc3cc(C)c(C)cc23)cc(Cl)c1OC(C)C. The molecule has 3 rings (SSSR count). The summed E-state index contributed by atoms with van der Waals surface area (Å²) in [7, 11) is 1.47. The Kier molecular flexibility index (Phi) is 6.37. The second-order valence-corrected chi connectivity index (χ2v) is 7.66. The van der Waals surface area contributed by atoms with Crippen LogP contribution in [0, 0.1) is 13.8 Å². The summed E-state index contributed by atoms with van der Waals surface area (Å²) in [6.45, 7) is 7.54. The maximum atomic E-state index is 12.6. The van der Waals surface area contributed by atoms with E-state index in [1.807, 2.05) is 33.8 Å². The first-order valence-electron chi connectivity index (χ1n) is 9.45. The van der Waals surface area contributed by atoms with Gasteiger partial charge in [0.15, 0.2) is 11.5 Å². The number of halogens is 1. The molecule has 0 aliphatic rings. The first-order valence-corrected chi connectivity index (χ1v) is 9.82. The molecule has 158 valence electrons. The first-order chi connectivity index (χ1) is 14.2. The summed E-state index contributed by atoms with van der Waals surface area (Å²) < 4.78 is 21.7. The van der Waals surface area contributed by atoms with Crippen molar-refractivity contribution < 1.29 is 23.4 Å². The van der Waals surface area contributed by atoms with Crippen LogP contribution in [0.1, 0.15) is 40.9 Å². The molecule has 0 N–H and O–H groups in total. The van der Waals surface area contributed by atoms with E-state index in [1.54, 1.807) is 6.07 Å². The molecule has 0 fully saturated rings. The van der Waals surface area contributed by atoms with Crippen molar-refractivity contribution in [1.29, 1.82) is 0 Å². The van der Waals surface area contributed by atoms with Gasteiger partial charge in [-0.15, -0.1) is 0 Å². The Balaban J connectivity index is 1.88. The van der Waals surface area contributed by atoms with E-state index in [2.05, 4.69) is 0 Å². The van der Waals surface area contributed by atoms with Gasteiger partial charge in [-0.3, -0.25) is 0 Å². The Labute approximate surface area is 179 Å². The number of rotatable bonds is 6. The molecule has 0 saturated heterocycles. The predicted octanol–water partition coefficient (Wildman–Crippen LogP) is 5.22. The second kappa shape index (κ2) is 8.79. The van der Waals surface area contributed by atoms with Crippen LogP contribution < -0.4 is 15.1 Å². The summed E-state index contributed by atoms with van der Waals surface area (Å²) in [6.07, 6.45) is -0.112. The molecule has 1 heterocycles. The zero-order valence-electron chi connectivity index (χ0n) is 17.5. The molecular formula is C23H23ClO6. The van der Waals surface area contributed by atoms with Crippen LogP contribution in [0.5, 0.6) is 11.5 Å². The number of ether oxygens (including phenoxy) is 3. The maximum Gasteiger partial charge on any atom is 0.338 e. The van der Waals surface area contributed by atoms with Crippen LogP contribution in [0.2, 0.25) is 5.02 Å². The third-order valence-electron chi connectivity index (χ3n) is 4.62. The lowest BCUT2D eigenvalue weighted by Gasteiger charge is -2.16. The van der Waals surface area contributed by atoms with Crippen molar-refractivity contribution in [3.63, 3.8) is 0 Å². The summed E-state index contributed by atoms with van der Waals surface area (Å²) in [4.78, 5) is 24.5. The standard InChI is InChI=1S/C23H23ClO6/c1-12(2)29-22-18(24)8-15(9-20(22)27-5)23(26)28-11-16-10-21(25)30-19-7-14(4)13(3)6-17(16)19/h6-10,12H,11H2,1-5H3. The summed E-state index contributed by atoms with van der Waals surface area (Å²) in [5, 5.41) is 0.966. The lowest BCUT2D eigenvalue weighted by atomic mass is 10.0. The average Bonchev–Trinajstić information content (AvgIpc) is 2.68. The maximum absolute atomic E-state index is 12.6. The van der Waals surface area contributed by atoms with Crippen molar-refractivity contribution >= 4 is 28.5 Å². The number of carbonyl (C=O) groups is 1. The Hall–Kier alpha value is -2.99. The summed E-state index contributed by atoms with van der Waals surface area (Å²) in [6, 6.07) is 8.02. The molecule has 0 saturated carbocycles. The number of esters is 1. The Morgan fingerprint density at radius 2 is 1.80 bits per heavy atom. The number of hydrogen-bond donors (Lipinski definition) is 0. The van der Waals surface area contributed by atoms with Crippen molar-refractivity contribution in [2.45, 2.75) is 40.4 Å². The fourth-order valence-corrected chi connectivity index (χ4v) is 3.27. The van der Waals surface area contributed by atoms with Crippen LogP contribution in [0.15, 0.2) is 39.5 Å². The highest BCUT2D eigenvalue weighted by Gasteiger charge is 2.18. The molecule has 0 aliphatic carbocycles. The summed E-state index contributed by atoms with van der Waals surface area (Å²) >= 11 is 6.28. The quantitative estimate of drug-likeness (QED) is 0.394. The van der Waals surface area contributed by atoms with Crippen LogP contribution in [-0.2, 0) is 11.3 Å². The van der Waals surface area contributed by atoms with E-state index < -0.39 is 11.6 Å². The van der Waals surface area contributed by atoms with E-state index in [4.69, 9.17) is 30.2 Å². The minimum Gasteiger partial charge on any atom is -0.493 e. The van der Waals surface area contributed by atoms with Crippen molar-refractivity contribution in [2.75, 3.05) is 7.11 Å². The van der Waals surface area contributed by atoms with Gasteiger partial charge >= 0.3 is 11.6 Å². The van der Waals surface area contributed by atoms with Gasteiger partial charge < -0.3 is 18.6 Å². The molecule has 0 spiro atoms. The van der Waals surface area contributed by atoms with Crippen LogP contribution >= 0.6 is 11.6 Å². The largest absolute Gasteiger partial charge is 0.493 e. The number of benzene rings is 2. The monoisotopic (exact) mass is 430 g/mol. The molecule has 0 atom stereocenters. The molecular weight excluding hydrogens is 408 g/mol. The molecule has 0 unspecified atom stereocenters. The van der Waals surface area contributed by atoms with Crippen LogP contribution in [-0.4, -0.2) is 19.2 Å². The summed E-state index contributed by atoms with van der Waals surface area (Å²) in [5.41, 5.74) is 2.78. The van der Waals surface area contributed by atoms with Gasteiger partial charge in [0.2, 0.25) is 0 Å². The third kappa shape index (κ3) is 4.60. The lowest BCUT2D eigenvalue weighted by Crippen LogP contribution is -2.10. The molecule has 3 aromatic rings. The topological polar surface area (TPSA) is 75.0 Å².